The highest BCUT2D eigenvalue weighted by molar-refractivity contribution is 5.92. The molecule has 29 heavy (non-hydrogen) atoms. The SMILES string of the molecule is CCOc1cc(CC(C)N2CCNCC2)ccc1NC(=O)CCC1CCCCC1. The van der Waals surface area contributed by atoms with Crippen molar-refractivity contribution in [3.63, 3.8) is 0 Å². The molecule has 1 amide bonds. The van der Waals surface area contributed by atoms with Crippen LogP contribution in [0, 0.1) is 5.92 Å². The fourth-order valence-electron chi connectivity index (χ4n) is 4.69. The van der Waals surface area contributed by atoms with Gasteiger partial charge in [-0.05, 0) is 50.3 Å². The van der Waals surface area contributed by atoms with E-state index in [1.54, 1.807) is 0 Å². The number of rotatable bonds is 9. The number of carbonyl (C=O) groups excluding carboxylic acids is 1. The second-order valence-electron chi connectivity index (χ2n) is 8.69. The van der Waals surface area contributed by atoms with Crippen LogP contribution in [0.2, 0.25) is 0 Å². The summed E-state index contributed by atoms with van der Waals surface area (Å²) in [6, 6.07) is 6.77. The third-order valence-electron chi connectivity index (χ3n) is 6.43. The highest BCUT2D eigenvalue weighted by Crippen LogP contribution is 2.29. The molecule has 1 aromatic carbocycles. The van der Waals surface area contributed by atoms with Gasteiger partial charge in [0.05, 0.1) is 12.3 Å². The molecule has 1 heterocycles. The summed E-state index contributed by atoms with van der Waals surface area (Å²) < 4.78 is 5.86. The van der Waals surface area contributed by atoms with Gasteiger partial charge in [0.2, 0.25) is 5.91 Å². The van der Waals surface area contributed by atoms with Crippen LogP contribution in [0.4, 0.5) is 5.69 Å². The minimum absolute atomic E-state index is 0.110. The average molecular weight is 402 g/mol. The molecule has 1 aliphatic heterocycles. The Balaban J connectivity index is 1.55. The Hall–Kier alpha value is -1.59. The number of hydrogen-bond acceptors (Lipinski definition) is 4. The van der Waals surface area contributed by atoms with Crippen LogP contribution < -0.4 is 15.4 Å². The molecule has 5 heteroatoms. The third kappa shape index (κ3) is 7.00. The molecule has 2 N–H and O–H groups in total. The first-order valence-corrected chi connectivity index (χ1v) is 11.7. The van der Waals surface area contributed by atoms with E-state index in [1.807, 2.05) is 13.0 Å². The molecule has 0 spiro atoms. The van der Waals surface area contributed by atoms with Gasteiger partial charge < -0.3 is 15.4 Å². The van der Waals surface area contributed by atoms with Crippen LogP contribution in [0.1, 0.15) is 64.4 Å². The summed E-state index contributed by atoms with van der Waals surface area (Å²) >= 11 is 0. The van der Waals surface area contributed by atoms with Gasteiger partial charge in [0.25, 0.3) is 0 Å². The Morgan fingerprint density at radius 2 is 2.00 bits per heavy atom. The molecular weight excluding hydrogens is 362 g/mol. The summed E-state index contributed by atoms with van der Waals surface area (Å²) in [6.07, 6.45) is 9.21. The lowest BCUT2D eigenvalue weighted by Gasteiger charge is -2.33. The summed E-state index contributed by atoms with van der Waals surface area (Å²) in [4.78, 5) is 15.0. The predicted octanol–water partition coefficient (Wildman–Crippen LogP) is 4.22. The van der Waals surface area contributed by atoms with E-state index >= 15 is 0 Å². The molecule has 3 rings (SSSR count). The van der Waals surface area contributed by atoms with E-state index in [9.17, 15) is 4.79 Å². The van der Waals surface area contributed by atoms with Crippen molar-refractivity contribution in [3.05, 3.63) is 23.8 Å². The maximum atomic E-state index is 12.5. The Morgan fingerprint density at radius 3 is 2.72 bits per heavy atom. The zero-order chi connectivity index (χ0) is 20.5. The largest absolute Gasteiger partial charge is 0.492 e. The van der Waals surface area contributed by atoms with Gasteiger partial charge in [-0.2, -0.15) is 0 Å². The molecule has 1 aliphatic carbocycles. The van der Waals surface area contributed by atoms with Gasteiger partial charge in [0.1, 0.15) is 5.75 Å². The van der Waals surface area contributed by atoms with Crippen LogP contribution in [-0.2, 0) is 11.2 Å². The van der Waals surface area contributed by atoms with Gasteiger partial charge in [0, 0.05) is 38.6 Å². The van der Waals surface area contributed by atoms with Gasteiger partial charge in [-0.15, -0.1) is 0 Å². The van der Waals surface area contributed by atoms with E-state index in [1.165, 1.54) is 37.7 Å². The first kappa shape index (κ1) is 22.1. The lowest BCUT2D eigenvalue weighted by Crippen LogP contribution is -2.48. The highest BCUT2D eigenvalue weighted by atomic mass is 16.5. The maximum Gasteiger partial charge on any atom is 0.224 e. The van der Waals surface area contributed by atoms with Crippen LogP contribution in [-0.4, -0.2) is 49.6 Å². The standard InChI is InChI=1S/C24H39N3O2/c1-3-29-23-18-21(17-19(2)27-15-13-25-14-16-27)9-11-22(23)26-24(28)12-10-20-7-5-4-6-8-20/h9,11,18-20,25H,3-8,10,12-17H2,1-2H3,(H,26,28). The quantitative estimate of drug-likeness (QED) is 0.650. The Kier molecular flexibility index (Phi) is 8.81. The van der Waals surface area contributed by atoms with Gasteiger partial charge in [-0.25, -0.2) is 0 Å². The Bertz CT molecular complexity index is 637. The summed E-state index contributed by atoms with van der Waals surface area (Å²) in [5.41, 5.74) is 2.07. The number of nitrogens with zero attached hydrogens (tertiary/aromatic N) is 1. The second-order valence-corrected chi connectivity index (χ2v) is 8.69. The zero-order valence-electron chi connectivity index (χ0n) is 18.3. The molecule has 1 saturated heterocycles. The van der Waals surface area contributed by atoms with E-state index in [0.717, 1.165) is 56.4 Å². The Labute approximate surface area is 176 Å². The van der Waals surface area contributed by atoms with Crippen molar-refractivity contribution in [2.45, 2.75) is 71.3 Å². The molecule has 1 aromatic rings. The minimum Gasteiger partial charge on any atom is -0.492 e. The van der Waals surface area contributed by atoms with Crippen molar-refractivity contribution in [1.82, 2.24) is 10.2 Å². The fraction of sp³-hybridized carbons (Fsp3) is 0.708. The molecule has 1 saturated carbocycles. The van der Waals surface area contributed by atoms with Crippen LogP contribution in [0.3, 0.4) is 0 Å². The number of benzene rings is 1. The lowest BCUT2D eigenvalue weighted by atomic mass is 9.86. The van der Waals surface area contributed by atoms with Crippen molar-refractivity contribution >= 4 is 11.6 Å². The molecule has 2 aliphatic rings. The van der Waals surface area contributed by atoms with Crippen LogP contribution >= 0.6 is 0 Å². The third-order valence-corrected chi connectivity index (χ3v) is 6.43. The van der Waals surface area contributed by atoms with Crippen LogP contribution in [0.25, 0.3) is 0 Å². The van der Waals surface area contributed by atoms with Crippen molar-refractivity contribution < 1.29 is 9.53 Å². The van der Waals surface area contributed by atoms with Crippen LogP contribution in [0.5, 0.6) is 5.75 Å². The molecule has 2 fully saturated rings. The van der Waals surface area contributed by atoms with Gasteiger partial charge in [-0.3, -0.25) is 9.69 Å². The van der Waals surface area contributed by atoms with Crippen LogP contribution in [0.15, 0.2) is 18.2 Å². The fourth-order valence-corrected chi connectivity index (χ4v) is 4.69. The van der Waals surface area contributed by atoms with Gasteiger partial charge in [-0.1, -0.05) is 38.2 Å². The van der Waals surface area contributed by atoms with E-state index < -0.39 is 0 Å². The summed E-state index contributed by atoms with van der Waals surface area (Å²) in [5.74, 6) is 1.64. The molecule has 0 aromatic heterocycles. The monoisotopic (exact) mass is 401 g/mol. The van der Waals surface area contributed by atoms with Crippen molar-refractivity contribution in [1.29, 1.82) is 0 Å². The van der Waals surface area contributed by atoms with E-state index in [2.05, 4.69) is 34.6 Å². The highest BCUT2D eigenvalue weighted by Gasteiger charge is 2.18. The Morgan fingerprint density at radius 1 is 1.24 bits per heavy atom. The first-order valence-electron chi connectivity index (χ1n) is 11.7. The smallest absolute Gasteiger partial charge is 0.224 e. The second kappa shape index (κ2) is 11.6. The number of carbonyl (C=O) groups is 1. The minimum atomic E-state index is 0.110. The topological polar surface area (TPSA) is 53.6 Å². The number of ether oxygens (including phenoxy) is 1. The number of anilines is 1. The predicted molar refractivity (Wildman–Crippen MR) is 120 cm³/mol. The average Bonchev–Trinajstić information content (AvgIpc) is 2.75. The summed E-state index contributed by atoms with van der Waals surface area (Å²) in [7, 11) is 0. The van der Waals surface area contributed by atoms with Gasteiger partial charge >= 0.3 is 0 Å². The first-order chi connectivity index (χ1) is 14.2. The number of amides is 1. The lowest BCUT2D eigenvalue weighted by molar-refractivity contribution is -0.116. The number of hydrogen-bond donors (Lipinski definition) is 2. The molecular formula is C24H39N3O2. The van der Waals surface area contributed by atoms with Crippen molar-refractivity contribution in [3.8, 4) is 5.75 Å². The van der Waals surface area contributed by atoms with E-state index in [0.29, 0.717) is 19.1 Å². The van der Waals surface area contributed by atoms with E-state index in [4.69, 9.17) is 4.74 Å². The molecule has 5 nitrogen and oxygen atoms in total. The van der Waals surface area contributed by atoms with Crippen molar-refractivity contribution in [2.24, 2.45) is 5.92 Å². The normalized spacial score (nSPS) is 19.7. The zero-order valence-corrected chi connectivity index (χ0v) is 18.3. The molecule has 1 atom stereocenters. The molecule has 162 valence electrons. The molecule has 1 unspecified atom stereocenters. The maximum absolute atomic E-state index is 12.5. The summed E-state index contributed by atoms with van der Waals surface area (Å²) in [6.45, 7) is 9.24. The van der Waals surface area contributed by atoms with E-state index in [-0.39, 0.29) is 5.91 Å². The molecule has 0 radical (unpaired) electrons. The molecule has 0 bridgehead atoms. The van der Waals surface area contributed by atoms with Crippen molar-refractivity contribution in [2.75, 3.05) is 38.1 Å². The van der Waals surface area contributed by atoms with Gasteiger partial charge in [0.15, 0.2) is 0 Å². The summed E-state index contributed by atoms with van der Waals surface area (Å²) in [5, 5.41) is 6.51. The number of nitrogens with one attached hydrogen (secondary N) is 2. The number of piperazine rings is 1.